The van der Waals surface area contributed by atoms with Crippen LogP contribution in [0.2, 0.25) is 0 Å². The zero-order valence-corrected chi connectivity index (χ0v) is 13.0. The molecule has 134 valence electrons. The van der Waals surface area contributed by atoms with Crippen molar-refractivity contribution in [3.8, 4) is 5.88 Å². The number of alkyl halides is 3. The molecule has 4 nitrogen and oxygen atoms in total. The largest absolute Gasteiger partial charge is 0.474 e. The number of hydrogen-bond acceptors (Lipinski definition) is 4. The summed E-state index contributed by atoms with van der Waals surface area (Å²) in [6, 6.07) is 2.46. The van der Waals surface area contributed by atoms with Crippen LogP contribution in [-0.4, -0.2) is 42.1 Å². The van der Waals surface area contributed by atoms with Crippen LogP contribution in [0.4, 0.5) is 17.6 Å². The van der Waals surface area contributed by atoms with E-state index in [4.69, 9.17) is 4.74 Å². The molecule has 1 spiro atoms. The number of aliphatic hydroxyl groups is 1. The molecule has 1 saturated carbocycles. The number of aliphatic hydroxyl groups excluding tert-OH is 1. The van der Waals surface area contributed by atoms with Gasteiger partial charge in [0.2, 0.25) is 5.88 Å². The summed E-state index contributed by atoms with van der Waals surface area (Å²) in [6.07, 6.45) is -2.46. The third-order valence-corrected chi connectivity index (χ3v) is 5.34. The summed E-state index contributed by atoms with van der Waals surface area (Å²) in [5, 5.41) is 12.5. The Morgan fingerprint density at radius 2 is 2.04 bits per heavy atom. The van der Waals surface area contributed by atoms with E-state index in [2.05, 4.69) is 10.3 Å². The lowest BCUT2D eigenvalue weighted by Gasteiger charge is -2.59. The second-order valence-corrected chi connectivity index (χ2v) is 6.64. The van der Waals surface area contributed by atoms with Gasteiger partial charge in [-0.3, -0.25) is 0 Å². The number of rotatable bonds is 4. The van der Waals surface area contributed by atoms with Crippen LogP contribution in [-0.2, 0) is 0 Å². The zero-order chi connectivity index (χ0) is 17.4. The number of nitrogens with zero attached hydrogens (tertiary/aromatic N) is 1. The predicted octanol–water partition coefficient (Wildman–Crippen LogP) is 2.53. The van der Waals surface area contributed by atoms with Crippen LogP contribution in [0.1, 0.15) is 19.3 Å². The Labute approximate surface area is 137 Å². The summed E-state index contributed by atoms with van der Waals surface area (Å²) >= 11 is 0. The van der Waals surface area contributed by atoms with E-state index in [-0.39, 0.29) is 5.88 Å². The maximum absolute atomic E-state index is 13.4. The molecule has 1 aliphatic heterocycles. The Hall–Kier alpha value is -1.41. The van der Waals surface area contributed by atoms with Gasteiger partial charge in [-0.25, -0.2) is 9.37 Å². The molecule has 0 radical (unpaired) electrons. The van der Waals surface area contributed by atoms with Gasteiger partial charge in [0.05, 0.1) is 18.7 Å². The summed E-state index contributed by atoms with van der Waals surface area (Å²) < 4.78 is 58.7. The molecular formula is C16H20F4N2O2. The summed E-state index contributed by atoms with van der Waals surface area (Å²) in [7, 11) is 0. The lowest BCUT2D eigenvalue weighted by Crippen LogP contribution is -2.63. The van der Waals surface area contributed by atoms with Crippen LogP contribution in [0.3, 0.4) is 0 Å². The highest BCUT2D eigenvalue weighted by atomic mass is 19.4. The Balaban J connectivity index is 1.82. The fraction of sp³-hybridized carbons (Fsp3) is 0.688. The van der Waals surface area contributed by atoms with Crippen LogP contribution >= 0.6 is 0 Å². The first-order valence-electron chi connectivity index (χ1n) is 8.02. The van der Waals surface area contributed by atoms with Crippen LogP contribution in [0.15, 0.2) is 18.3 Å². The van der Waals surface area contributed by atoms with Gasteiger partial charge < -0.3 is 15.2 Å². The van der Waals surface area contributed by atoms with Gasteiger partial charge >= 0.3 is 6.18 Å². The normalized spacial score (nSPS) is 27.5. The highest BCUT2D eigenvalue weighted by Gasteiger charge is 2.63. The standard InChI is InChI=1S/C16H20F4N2O2/c17-10-1-2-13(22-8-10)24-12-7-15(3-5-21-6-4-15)14(12)11(9-23)16(18,19)20/h1-2,8,11-12,14,21,23H,3-7,9H2/t11?,12-,14?/m1/s1. The maximum Gasteiger partial charge on any atom is 0.394 e. The first-order valence-corrected chi connectivity index (χ1v) is 8.02. The van der Waals surface area contributed by atoms with Crippen molar-refractivity contribution >= 4 is 0 Å². The van der Waals surface area contributed by atoms with Crippen molar-refractivity contribution in [1.29, 1.82) is 0 Å². The number of halogens is 4. The number of pyridine rings is 1. The number of hydrogen-bond donors (Lipinski definition) is 2. The molecule has 2 heterocycles. The molecule has 0 amide bonds. The van der Waals surface area contributed by atoms with Crippen molar-refractivity contribution in [3.05, 3.63) is 24.1 Å². The zero-order valence-electron chi connectivity index (χ0n) is 13.0. The average Bonchev–Trinajstić information content (AvgIpc) is 2.54. The number of piperidine rings is 1. The van der Waals surface area contributed by atoms with Crippen molar-refractivity contribution in [2.75, 3.05) is 19.7 Å². The first-order chi connectivity index (χ1) is 11.4. The second-order valence-electron chi connectivity index (χ2n) is 6.64. The Bertz CT molecular complexity index is 558. The molecule has 2 fully saturated rings. The smallest absolute Gasteiger partial charge is 0.394 e. The minimum absolute atomic E-state index is 0.106. The van der Waals surface area contributed by atoms with E-state index in [0.29, 0.717) is 32.4 Å². The van der Waals surface area contributed by atoms with Crippen molar-refractivity contribution in [3.63, 3.8) is 0 Å². The molecule has 1 aromatic heterocycles. The fourth-order valence-electron chi connectivity index (χ4n) is 4.17. The molecule has 1 aliphatic carbocycles. The molecule has 2 N–H and O–H groups in total. The van der Waals surface area contributed by atoms with E-state index < -0.39 is 42.0 Å². The van der Waals surface area contributed by atoms with Crippen molar-refractivity contribution in [2.45, 2.75) is 31.5 Å². The van der Waals surface area contributed by atoms with Crippen LogP contribution in [0.5, 0.6) is 5.88 Å². The Morgan fingerprint density at radius 1 is 1.33 bits per heavy atom. The summed E-state index contributed by atoms with van der Waals surface area (Å²) in [4.78, 5) is 3.76. The second kappa shape index (κ2) is 6.48. The van der Waals surface area contributed by atoms with Crippen LogP contribution in [0, 0.1) is 23.1 Å². The van der Waals surface area contributed by atoms with Crippen molar-refractivity contribution in [1.82, 2.24) is 10.3 Å². The average molecular weight is 348 g/mol. The molecule has 8 heteroatoms. The Kier molecular flexibility index (Phi) is 4.70. The van der Waals surface area contributed by atoms with E-state index >= 15 is 0 Å². The van der Waals surface area contributed by atoms with Crippen molar-refractivity contribution in [2.24, 2.45) is 17.3 Å². The van der Waals surface area contributed by atoms with E-state index in [1.807, 2.05) is 0 Å². The van der Waals surface area contributed by atoms with Crippen LogP contribution < -0.4 is 10.1 Å². The lowest BCUT2D eigenvalue weighted by molar-refractivity contribution is -0.254. The van der Waals surface area contributed by atoms with E-state index in [1.165, 1.54) is 6.07 Å². The first kappa shape index (κ1) is 17.4. The fourth-order valence-corrected chi connectivity index (χ4v) is 4.17. The topological polar surface area (TPSA) is 54.4 Å². The molecule has 1 saturated heterocycles. The lowest BCUT2D eigenvalue weighted by atomic mass is 9.50. The van der Waals surface area contributed by atoms with Gasteiger partial charge in [0.1, 0.15) is 11.9 Å². The maximum atomic E-state index is 13.4. The van der Waals surface area contributed by atoms with Crippen LogP contribution in [0.25, 0.3) is 0 Å². The summed E-state index contributed by atoms with van der Waals surface area (Å²) in [5.41, 5.74) is -0.473. The molecular weight excluding hydrogens is 328 g/mol. The van der Waals surface area contributed by atoms with Gasteiger partial charge in [0, 0.05) is 12.0 Å². The van der Waals surface area contributed by atoms with Gasteiger partial charge in [0.25, 0.3) is 0 Å². The molecule has 2 unspecified atom stereocenters. The van der Waals surface area contributed by atoms with Gasteiger partial charge in [-0.05, 0) is 43.8 Å². The number of ether oxygens (including phenoxy) is 1. The molecule has 0 aromatic carbocycles. The third kappa shape index (κ3) is 3.21. The molecule has 0 bridgehead atoms. The number of nitrogens with one attached hydrogen (secondary N) is 1. The summed E-state index contributed by atoms with van der Waals surface area (Å²) in [6.45, 7) is 0.363. The minimum atomic E-state index is -4.49. The van der Waals surface area contributed by atoms with E-state index in [0.717, 1.165) is 12.3 Å². The Morgan fingerprint density at radius 3 is 2.58 bits per heavy atom. The highest BCUT2D eigenvalue weighted by Crippen LogP contribution is 2.59. The van der Waals surface area contributed by atoms with E-state index in [9.17, 15) is 22.7 Å². The minimum Gasteiger partial charge on any atom is -0.474 e. The molecule has 1 aromatic rings. The monoisotopic (exact) mass is 348 g/mol. The number of aromatic nitrogens is 1. The molecule has 3 rings (SSSR count). The predicted molar refractivity (Wildman–Crippen MR) is 77.9 cm³/mol. The SMILES string of the molecule is OCC(C1[C@H](Oc2ccc(F)cn2)CC12CCNCC2)C(F)(F)F. The third-order valence-electron chi connectivity index (χ3n) is 5.34. The quantitative estimate of drug-likeness (QED) is 0.821. The molecule has 2 aliphatic rings. The molecule has 24 heavy (non-hydrogen) atoms. The van der Waals surface area contributed by atoms with Crippen molar-refractivity contribution < 1.29 is 27.4 Å². The summed E-state index contributed by atoms with van der Waals surface area (Å²) in [5.74, 6) is -3.08. The van der Waals surface area contributed by atoms with Gasteiger partial charge in [-0.15, -0.1) is 0 Å². The molecule has 3 atom stereocenters. The highest BCUT2D eigenvalue weighted by molar-refractivity contribution is 5.15. The van der Waals surface area contributed by atoms with Gasteiger partial charge in [-0.2, -0.15) is 13.2 Å². The van der Waals surface area contributed by atoms with Gasteiger partial charge in [-0.1, -0.05) is 0 Å². The van der Waals surface area contributed by atoms with Gasteiger partial charge in [0.15, 0.2) is 0 Å². The van der Waals surface area contributed by atoms with E-state index in [1.54, 1.807) is 0 Å².